The molecule has 16 heavy (non-hydrogen) atoms. The molecule has 0 aromatic carbocycles. The average Bonchev–Trinajstić information content (AvgIpc) is 2.02. The summed E-state index contributed by atoms with van der Waals surface area (Å²) in [4.78, 5) is 0. The molecular weight excluding hydrogens is 224 g/mol. The van der Waals surface area contributed by atoms with E-state index in [4.69, 9.17) is 10.2 Å². The van der Waals surface area contributed by atoms with Crippen LogP contribution in [0.15, 0.2) is 0 Å². The molecule has 0 amide bonds. The molecular formula is C12H30O3S. The summed E-state index contributed by atoms with van der Waals surface area (Å²) >= 11 is -0.611. The van der Waals surface area contributed by atoms with E-state index in [1.807, 2.05) is 34.6 Å². The van der Waals surface area contributed by atoms with Gasteiger partial charge in [-0.05, 0) is 18.3 Å². The van der Waals surface area contributed by atoms with Crippen LogP contribution in [0.1, 0.15) is 41.5 Å². The molecule has 102 valence electrons. The van der Waals surface area contributed by atoms with Gasteiger partial charge in [-0.25, -0.2) is 0 Å². The molecule has 1 atom stereocenters. The van der Waals surface area contributed by atoms with Gasteiger partial charge in [-0.2, -0.15) is 0 Å². The fourth-order valence-electron chi connectivity index (χ4n) is 0. The van der Waals surface area contributed by atoms with E-state index in [2.05, 4.69) is 0 Å². The van der Waals surface area contributed by atoms with Gasteiger partial charge < -0.3 is 14.8 Å². The van der Waals surface area contributed by atoms with Gasteiger partial charge in [0.15, 0.2) is 0 Å². The Kier molecular flexibility index (Phi) is 15.7. The fourth-order valence-corrected chi connectivity index (χ4v) is 0. The van der Waals surface area contributed by atoms with Crippen LogP contribution >= 0.6 is 0 Å². The second-order valence-electron chi connectivity index (χ2n) is 5.44. The first-order valence-corrected chi connectivity index (χ1v) is 7.44. The van der Waals surface area contributed by atoms with Gasteiger partial charge in [0.05, 0.1) is 18.6 Å². The van der Waals surface area contributed by atoms with E-state index in [1.165, 1.54) is 0 Å². The van der Waals surface area contributed by atoms with Crippen molar-refractivity contribution in [2.24, 2.45) is 11.3 Å². The fraction of sp³-hybridized carbons (Fsp3) is 1.00. The maximum absolute atomic E-state index is 9.56. The predicted octanol–water partition coefficient (Wildman–Crippen LogP) is 2.04. The standard InChI is InChI=1S/2C5H12O.C2H6OS/c1-5(2,3)4-6;1-4(2)5(3)6;1-4(2)3/h6H,4H2,1-3H3;4-6H,1-3H3;1-2H3. The van der Waals surface area contributed by atoms with Crippen molar-refractivity contribution >= 4 is 11.2 Å². The Bertz CT molecular complexity index is 120. The Morgan fingerprint density at radius 3 is 1.25 bits per heavy atom. The molecule has 0 saturated carbocycles. The molecule has 0 fully saturated rings. The molecule has 0 heterocycles. The first-order valence-electron chi connectivity index (χ1n) is 5.48. The molecule has 0 rings (SSSR count). The molecule has 0 aliphatic rings. The maximum atomic E-state index is 9.56. The first kappa shape index (κ1) is 21.5. The van der Waals surface area contributed by atoms with Crippen LogP contribution in [0, 0.1) is 11.3 Å². The summed E-state index contributed by atoms with van der Waals surface area (Å²) < 4.78 is 9.56. The van der Waals surface area contributed by atoms with Crippen molar-refractivity contribution in [3.8, 4) is 0 Å². The third kappa shape index (κ3) is 47.6. The Morgan fingerprint density at radius 2 is 1.25 bits per heavy atom. The smallest absolute Gasteiger partial charge is 0.0946 e. The summed E-state index contributed by atoms with van der Waals surface area (Å²) in [5.74, 6) is 0.407. The Labute approximate surface area is 104 Å². The van der Waals surface area contributed by atoms with Crippen molar-refractivity contribution in [3.63, 3.8) is 0 Å². The minimum atomic E-state index is -0.611. The van der Waals surface area contributed by atoms with E-state index in [0.29, 0.717) is 5.92 Å². The third-order valence-corrected chi connectivity index (χ3v) is 1.44. The molecule has 3 nitrogen and oxygen atoms in total. The number of hydrogen-bond donors (Lipinski definition) is 2. The van der Waals surface area contributed by atoms with Crippen molar-refractivity contribution in [3.05, 3.63) is 0 Å². The highest BCUT2D eigenvalue weighted by Crippen LogP contribution is 2.09. The average molecular weight is 254 g/mol. The number of aliphatic hydroxyl groups is 2. The molecule has 0 bridgehead atoms. The zero-order valence-electron chi connectivity index (χ0n) is 12.1. The summed E-state index contributed by atoms with van der Waals surface area (Å²) in [6, 6.07) is 0. The maximum Gasteiger partial charge on any atom is 0.0946 e. The molecule has 0 spiro atoms. The van der Waals surface area contributed by atoms with Crippen LogP contribution in [0.25, 0.3) is 0 Å². The lowest BCUT2D eigenvalue weighted by atomic mass is 9.99. The lowest BCUT2D eigenvalue weighted by molar-refractivity contribution is 0.144. The van der Waals surface area contributed by atoms with Crippen molar-refractivity contribution in [1.29, 1.82) is 0 Å². The van der Waals surface area contributed by atoms with E-state index >= 15 is 0 Å². The second-order valence-corrected chi connectivity index (χ2v) is 6.93. The van der Waals surface area contributed by atoms with Crippen LogP contribution in [0.3, 0.4) is 0 Å². The monoisotopic (exact) mass is 254 g/mol. The van der Waals surface area contributed by atoms with E-state index < -0.39 is 11.2 Å². The molecule has 0 aromatic heterocycles. The Hall–Kier alpha value is 0.230. The van der Waals surface area contributed by atoms with Gasteiger partial charge in [-0.3, -0.25) is 0 Å². The number of rotatable bonds is 1. The molecule has 2 N–H and O–H groups in total. The normalized spacial score (nSPS) is 12.6. The van der Waals surface area contributed by atoms with Gasteiger partial charge in [0, 0.05) is 6.61 Å². The molecule has 1 unspecified atom stereocenters. The predicted molar refractivity (Wildman–Crippen MR) is 73.1 cm³/mol. The van der Waals surface area contributed by atoms with E-state index in [0.717, 1.165) is 0 Å². The zero-order chi connectivity index (χ0) is 13.9. The highest BCUT2D eigenvalue weighted by Gasteiger charge is 2.05. The lowest BCUT2D eigenvalue weighted by Gasteiger charge is -2.11. The summed E-state index contributed by atoms with van der Waals surface area (Å²) in [7, 11) is 0. The minimum Gasteiger partial charge on any atom is -0.617 e. The third-order valence-electron chi connectivity index (χ3n) is 1.44. The van der Waals surface area contributed by atoms with Gasteiger partial charge in [0.1, 0.15) is 0 Å². The van der Waals surface area contributed by atoms with Gasteiger partial charge in [-0.15, -0.1) is 0 Å². The molecule has 0 aliphatic heterocycles. The number of aliphatic hydroxyl groups excluding tert-OH is 2. The first-order chi connectivity index (χ1) is 6.94. The van der Waals surface area contributed by atoms with Crippen molar-refractivity contribution in [1.82, 2.24) is 0 Å². The van der Waals surface area contributed by atoms with E-state index in [9.17, 15) is 4.55 Å². The van der Waals surface area contributed by atoms with Gasteiger partial charge >= 0.3 is 0 Å². The van der Waals surface area contributed by atoms with E-state index in [-0.39, 0.29) is 18.1 Å². The molecule has 0 radical (unpaired) electrons. The topological polar surface area (TPSA) is 63.5 Å². The SMILES string of the molecule is CC(C)(C)CO.CC(C)C(C)O.C[S+](C)[O-]. The van der Waals surface area contributed by atoms with Crippen LogP contribution in [-0.2, 0) is 11.2 Å². The van der Waals surface area contributed by atoms with Crippen LogP contribution < -0.4 is 0 Å². The summed E-state index contributed by atoms with van der Waals surface area (Å²) in [6.07, 6.45) is 3.13. The van der Waals surface area contributed by atoms with Crippen LogP contribution in [0.4, 0.5) is 0 Å². The summed E-state index contributed by atoms with van der Waals surface area (Å²) in [6.45, 7) is 12.0. The highest BCUT2D eigenvalue weighted by atomic mass is 32.2. The minimum absolute atomic E-state index is 0.0972. The largest absolute Gasteiger partial charge is 0.617 e. The van der Waals surface area contributed by atoms with Crippen molar-refractivity contribution in [2.45, 2.75) is 47.6 Å². The summed E-state index contributed by atoms with van der Waals surface area (Å²) in [5.41, 5.74) is 0.0972. The quantitative estimate of drug-likeness (QED) is 0.704. The van der Waals surface area contributed by atoms with Crippen molar-refractivity contribution < 1.29 is 14.8 Å². The highest BCUT2D eigenvalue weighted by molar-refractivity contribution is 7.89. The van der Waals surface area contributed by atoms with Crippen LogP contribution in [-0.4, -0.2) is 40.0 Å². The molecule has 0 aliphatic carbocycles. The molecule has 0 saturated heterocycles. The van der Waals surface area contributed by atoms with E-state index in [1.54, 1.807) is 19.4 Å². The van der Waals surface area contributed by atoms with Gasteiger partial charge in [0.25, 0.3) is 0 Å². The van der Waals surface area contributed by atoms with Crippen LogP contribution in [0.2, 0.25) is 0 Å². The van der Waals surface area contributed by atoms with Gasteiger partial charge in [-0.1, -0.05) is 45.8 Å². The Morgan fingerprint density at radius 1 is 1.12 bits per heavy atom. The zero-order valence-corrected chi connectivity index (χ0v) is 12.9. The van der Waals surface area contributed by atoms with Gasteiger partial charge in [0.2, 0.25) is 0 Å². The van der Waals surface area contributed by atoms with Crippen LogP contribution in [0.5, 0.6) is 0 Å². The molecule has 0 aromatic rings. The molecule has 4 heteroatoms. The summed E-state index contributed by atoms with van der Waals surface area (Å²) in [5, 5.41) is 17.0. The number of hydrogen-bond acceptors (Lipinski definition) is 3. The lowest BCUT2D eigenvalue weighted by Crippen LogP contribution is -2.09. The Balaban J connectivity index is -0.000000162. The second kappa shape index (κ2) is 11.7. The van der Waals surface area contributed by atoms with Crippen molar-refractivity contribution in [2.75, 3.05) is 19.1 Å².